The van der Waals surface area contributed by atoms with Crippen molar-refractivity contribution in [2.24, 2.45) is 0 Å². The highest BCUT2D eigenvalue weighted by Gasteiger charge is 2.48. The van der Waals surface area contributed by atoms with Crippen molar-refractivity contribution in [2.45, 2.75) is 63.5 Å². The van der Waals surface area contributed by atoms with E-state index >= 15 is 0 Å². The van der Waals surface area contributed by atoms with Crippen LogP contribution in [0.15, 0.2) is 24.3 Å². The average Bonchev–Trinajstić information content (AvgIpc) is 2.93. The molecule has 3 amide bonds. The van der Waals surface area contributed by atoms with Crippen LogP contribution >= 0.6 is 0 Å². The molecule has 3 rings (SSSR count). The lowest BCUT2D eigenvalue weighted by atomic mass is 10.0. The van der Waals surface area contributed by atoms with Gasteiger partial charge in [0.15, 0.2) is 5.72 Å². The Labute approximate surface area is 171 Å². The highest BCUT2D eigenvalue weighted by Crippen LogP contribution is 2.37. The molecule has 1 saturated heterocycles. The van der Waals surface area contributed by atoms with Gasteiger partial charge in [-0.15, -0.1) is 0 Å². The topological polar surface area (TPSA) is 98.7 Å². The zero-order valence-corrected chi connectivity index (χ0v) is 16.9. The minimum absolute atomic E-state index is 0.107. The molecule has 29 heavy (non-hydrogen) atoms. The van der Waals surface area contributed by atoms with Crippen LogP contribution in [0.25, 0.3) is 0 Å². The molecule has 0 aliphatic carbocycles. The standard InChI is InChI=1S/C22H31N3O4/c26-19-13-7-5-3-1-2-4-6-10-14-25-21(28)17-11-8-9-12-18(17)22(25,29)16-24-20(27)15-23-19/h8-9,11-12,29H,1-7,10,13-16H2,(H,23,26)(H,24,27). The number of benzene rings is 1. The Bertz CT molecular complexity index is 751. The number of rotatable bonds is 0. The number of nitrogens with one attached hydrogen (secondary N) is 2. The van der Waals surface area contributed by atoms with Crippen LogP contribution in [-0.2, 0) is 15.3 Å². The summed E-state index contributed by atoms with van der Waals surface area (Å²) >= 11 is 0. The van der Waals surface area contributed by atoms with Gasteiger partial charge >= 0.3 is 0 Å². The highest BCUT2D eigenvalue weighted by atomic mass is 16.3. The number of amides is 3. The normalized spacial score (nSPS) is 25.3. The van der Waals surface area contributed by atoms with Gasteiger partial charge in [-0.2, -0.15) is 0 Å². The quantitative estimate of drug-likeness (QED) is 0.620. The first-order valence-corrected chi connectivity index (χ1v) is 10.7. The number of carbonyl (C=O) groups excluding carboxylic acids is 3. The second kappa shape index (κ2) is 9.87. The van der Waals surface area contributed by atoms with Crippen LogP contribution in [0, 0.1) is 0 Å². The maximum absolute atomic E-state index is 12.9. The number of β-amino-alcohol motifs (C(OH)–C–C–N with tert-alkyl or cyclic N) is 1. The van der Waals surface area contributed by atoms with Crippen molar-refractivity contribution in [3.8, 4) is 0 Å². The van der Waals surface area contributed by atoms with E-state index in [1.807, 2.05) is 0 Å². The average molecular weight is 402 g/mol. The van der Waals surface area contributed by atoms with Gasteiger partial charge in [-0.05, 0) is 18.9 Å². The monoisotopic (exact) mass is 401 g/mol. The van der Waals surface area contributed by atoms with Gasteiger partial charge in [0, 0.05) is 24.1 Å². The third-order valence-corrected chi connectivity index (χ3v) is 5.79. The van der Waals surface area contributed by atoms with E-state index in [0.717, 1.165) is 51.4 Å². The number of fused-ring (bicyclic) bond motifs is 3. The minimum atomic E-state index is -1.57. The van der Waals surface area contributed by atoms with Gasteiger partial charge in [0.05, 0.1) is 13.1 Å². The van der Waals surface area contributed by atoms with Crippen LogP contribution < -0.4 is 10.6 Å². The molecule has 1 aromatic carbocycles. The summed E-state index contributed by atoms with van der Waals surface area (Å²) in [4.78, 5) is 38.4. The molecule has 2 heterocycles. The van der Waals surface area contributed by atoms with Crippen molar-refractivity contribution in [1.82, 2.24) is 15.5 Å². The van der Waals surface area contributed by atoms with Crippen molar-refractivity contribution in [3.63, 3.8) is 0 Å². The number of nitrogens with zero attached hydrogens (tertiary/aromatic N) is 1. The molecule has 7 heteroatoms. The summed E-state index contributed by atoms with van der Waals surface area (Å²) in [5.74, 6) is -0.729. The molecule has 1 aromatic rings. The van der Waals surface area contributed by atoms with Crippen LogP contribution in [0.4, 0.5) is 0 Å². The molecule has 2 aliphatic heterocycles. The molecule has 158 valence electrons. The Kier molecular flexibility index (Phi) is 7.25. The highest BCUT2D eigenvalue weighted by molar-refractivity contribution is 5.99. The van der Waals surface area contributed by atoms with Crippen molar-refractivity contribution >= 4 is 17.7 Å². The second-order valence-electron chi connectivity index (χ2n) is 7.95. The Balaban J connectivity index is 1.73. The fraction of sp³-hybridized carbons (Fsp3) is 0.591. The lowest BCUT2D eigenvalue weighted by Gasteiger charge is -2.34. The van der Waals surface area contributed by atoms with E-state index in [4.69, 9.17) is 0 Å². The van der Waals surface area contributed by atoms with Crippen LogP contribution in [0.3, 0.4) is 0 Å². The molecule has 7 nitrogen and oxygen atoms in total. The maximum Gasteiger partial charge on any atom is 0.256 e. The number of hydrogen-bond acceptors (Lipinski definition) is 4. The molecule has 0 spiro atoms. The summed E-state index contributed by atoms with van der Waals surface area (Å²) in [6.07, 6.45) is 8.55. The number of aliphatic hydroxyl groups is 1. The number of carbonyl (C=O) groups is 3. The predicted molar refractivity (Wildman–Crippen MR) is 109 cm³/mol. The van der Waals surface area contributed by atoms with E-state index in [1.165, 1.54) is 4.90 Å². The van der Waals surface area contributed by atoms with Gasteiger partial charge < -0.3 is 20.6 Å². The van der Waals surface area contributed by atoms with E-state index < -0.39 is 5.72 Å². The third-order valence-electron chi connectivity index (χ3n) is 5.79. The first-order chi connectivity index (χ1) is 14.0. The zero-order valence-electron chi connectivity index (χ0n) is 16.9. The molecule has 3 N–H and O–H groups in total. The van der Waals surface area contributed by atoms with E-state index in [2.05, 4.69) is 10.6 Å². The van der Waals surface area contributed by atoms with Crippen molar-refractivity contribution < 1.29 is 19.5 Å². The van der Waals surface area contributed by atoms with E-state index in [0.29, 0.717) is 24.1 Å². The Morgan fingerprint density at radius 1 is 0.828 bits per heavy atom. The smallest absolute Gasteiger partial charge is 0.256 e. The van der Waals surface area contributed by atoms with Crippen molar-refractivity contribution in [1.29, 1.82) is 0 Å². The summed E-state index contributed by atoms with van der Waals surface area (Å²) < 4.78 is 0. The molecule has 1 atom stereocenters. The van der Waals surface area contributed by atoms with Gasteiger partial charge in [-0.25, -0.2) is 0 Å². The van der Waals surface area contributed by atoms with Gasteiger partial charge in [0.1, 0.15) is 0 Å². The summed E-state index contributed by atoms with van der Waals surface area (Å²) in [5.41, 5.74) is -0.578. The molecule has 0 aromatic heterocycles. The molecular weight excluding hydrogens is 370 g/mol. The molecule has 0 bridgehead atoms. The maximum atomic E-state index is 12.9. The van der Waals surface area contributed by atoms with Gasteiger partial charge in [-0.3, -0.25) is 14.4 Å². The predicted octanol–water partition coefficient (Wildman–Crippen LogP) is 2.04. The van der Waals surface area contributed by atoms with Gasteiger partial charge in [0.2, 0.25) is 11.8 Å². The first kappa shape index (κ1) is 21.3. The molecular formula is C22H31N3O4. The Hall–Kier alpha value is -2.41. The third kappa shape index (κ3) is 5.15. The summed E-state index contributed by atoms with van der Waals surface area (Å²) in [7, 11) is 0. The number of hydrogen-bond donors (Lipinski definition) is 3. The zero-order chi connectivity index (χ0) is 20.7. The molecule has 1 unspecified atom stereocenters. The summed E-state index contributed by atoms with van der Waals surface area (Å²) in [6.45, 7) is 0.200. The van der Waals surface area contributed by atoms with E-state index in [1.54, 1.807) is 24.3 Å². The van der Waals surface area contributed by atoms with Crippen LogP contribution in [0.5, 0.6) is 0 Å². The molecule has 2 aliphatic rings. The molecule has 0 radical (unpaired) electrons. The Morgan fingerprint density at radius 3 is 2.24 bits per heavy atom. The van der Waals surface area contributed by atoms with E-state index in [-0.39, 0.29) is 30.8 Å². The van der Waals surface area contributed by atoms with Crippen LogP contribution in [0.2, 0.25) is 0 Å². The Morgan fingerprint density at radius 2 is 1.48 bits per heavy atom. The largest absolute Gasteiger partial charge is 0.365 e. The van der Waals surface area contributed by atoms with Gasteiger partial charge in [0.25, 0.3) is 5.91 Å². The fourth-order valence-electron chi connectivity index (χ4n) is 4.12. The summed E-state index contributed by atoms with van der Waals surface area (Å²) in [5, 5.41) is 16.7. The molecule has 1 fully saturated rings. The van der Waals surface area contributed by atoms with Crippen molar-refractivity contribution in [3.05, 3.63) is 35.4 Å². The fourth-order valence-corrected chi connectivity index (χ4v) is 4.12. The van der Waals surface area contributed by atoms with Crippen molar-refractivity contribution in [2.75, 3.05) is 19.6 Å². The lowest BCUT2D eigenvalue weighted by Crippen LogP contribution is -2.52. The second-order valence-corrected chi connectivity index (χ2v) is 7.95. The van der Waals surface area contributed by atoms with Crippen LogP contribution in [0.1, 0.15) is 73.7 Å². The first-order valence-electron chi connectivity index (χ1n) is 10.7. The van der Waals surface area contributed by atoms with E-state index in [9.17, 15) is 19.5 Å². The van der Waals surface area contributed by atoms with Gasteiger partial charge in [-0.1, -0.05) is 56.7 Å². The van der Waals surface area contributed by atoms with Crippen LogP contribution in [-0.4, -0.2) is 47.4 Å². The lowest BCUT2D eigenvalue weighted by molar-refractivity contribution is -0.128. The minimum Gasteiger partial charge on any atom is -0.365 e. The molecule has 0 saturated carbocycles. The summed E-state index contributed by atoms with van der Waals surface area (Å²) in [6, 6.07) is 6.99. The SMILES string of the molecule is O=C1CCCCCCCCCCN2C(=O)c3ccccc3C2(O)CNC(=O)CN1.